The van der Waals surface area contributed by atoms with Crippen LogP contribution in [0.25, 0.3) is 11.2 Å². The van der Waals surface area contributed by atoms with Crippen LogP contribution < -0.4 is 16.2 Å². The molecule has 1 aliphatic rings. The Labute approximate surface area is 181 Å². The highest BCUT2D eigenvalue weighted by molar-refractivity contribution is 7.98. The number of ether oxygens (including phenoxy) is 1. The van der Waals surface area contributed by atoms with Gasteiger partial charge in [0.2, 0.25) is 0 Å². The minimum atomic E-state index is -4.51. The predicted molar refractivity (Wildman–Crippen MR) is 110 cm³/mol. The molecule has 0 aromatic carbocycles. The summed E-state index contributed by atoms with van der Waals surface area (Å²) in [6, 6.07) is -1.02. The van der Waals surface area contributed by atoms with E-state index in [-0.39, 0.29) is 23.4 Å². The Bertz CT molecular complexity index is 1030. The van der Waals surface area contributed by atoms with Crippen molar-refractivity contribution in [2.24, 2.45) is 5.73 Å². The summed E-state index contributed by atoms with van der Waals surface area (Å²) in [5.74, 6) is -0.215. The number of nitrogen functional groups attached to an aromatic ring is 1. The first-order valence-electron chi connectivity index (χ1n) is 9.04. The van der Waals surface area contributed by atoms with Gasteiger partial charge in [0, 0.05) is 0 Å². The largest absolute Gasteiger partial charge is 0.387 e. The molecule has 5 atom stereocenters. The second-order valence-electron chi connectivity index (χ2n) is 6.72. The molecule has 3 heterocycles. The SMILES string of the molecule is CSCC[C@H](N)C(=O)NS(=O)(=O)OC[C@H]1O[C@@H](n2cnc3c(N)ncnc32)[C@H](O)[C@@H]1O. The summed E-state index contributed by atoms with van der Waals surface area (Å²) in [5.41, 5.74) is 11.9. The van der Waals surface area contributed by atoms with E-state index in [2.05, 4.69) is 15.0 Å². The van der Waals surface area contributed by atoms with Crippen molar-refractivity contribution in [2.45, 2.75) is 37.0 Å². The summed E-state index contributed by atoms with van der Waals surface area (Å²) in [5, 5.41) is 20.6. The maximum atomic E-state index is 12.0. The lowest BCUT2D eigenvalue weighted by molar-refractivity contribution is -0.120. The molecule has 0 radical (unpaired) electrons. The average molecular weight is 478 g/mol. The van der Waals surface area contributed by atoms with E-state index < -0.39 is 53.4 Å². The van der Waals surface area contributed by atoms with Gasteiger partial charge in [-0.05, 0) is 18.4 Å². The smallest absolute Gasteiger partial charge is 0.362 e. The van der Waals surface area contributed by atoms with Gasteiger partial charge in [-0.3, -0.25) is 13.5 Å². The molecule has 2 aromatic heterocycles. The first kappa shape index (κ1) is 23.6. The van der Waals surface area contributed by atoms with Crippen LogP contribution in [0.2, 0.25) is 0 Å². The summed E-state index contributed by atoms with van der Waals surface area (Å²) < 4.78 is 37.4. The molecule has 2 aromatic rings. The zero-order valence-electron chi connectivity index (χ0n) is 16.4. The number of carbonyl (C=O) groups is 1. The molecule has 0 bridgehead atoms. The third kappa shape index (κ3) is 5.22. The minimum absolute atomic E-state index is 0.120. The Hall–Kier alpha value is -2.08. The van der Waals surface area contributed by atoms with Gasteiger partial charge in [0.1, 0.15) is 30.2 Å². The summed E-state index contributed by atoms with van der Waals surface area (Å²) in [7, 11) is -4.51. The number of hydrogen-bond donors (Lipinski definition) is 5. The number of hydrogen-bond acceptors (Lipinski definition) is 13. The van der Waals surface area contributed by atoms with Crippen molar-refractivity contribution < 1.29 is 32.3 Å². The molecular formula is C15H23N7O7S2. The molecule has 7 N–H and O–H groups in total. The van der Waals surface area contributed by atoms with Gasteiger partial charge in [-0.25, -0.2) is 19.7 Å². The average Bonchev–Trinajstić information content (AvgIpc) is 3.27. The molecule has 172 valence electrons. The van der Waals surface area contributed by atoms with E-state index in [0.717, 1.165) is 0 Å². The molecule has 1 fully saturated rings. The summed E-state index contributed by atoms with van der Waals surface area (Å²) in [6.07, 6.45) is -0.689. The zero-order chi connectivity index (χ0) is 22.8. The fraction of sp³-hybridized carbons (Fsp3) is 0.600. The summed E-state index contributed by atoms with van der Waals surface area (Å²) in [4.78, 5) is 23.8. The quantitative estimate of drug-likeness (QED) is 0.252. The Morgan fingerprint density at radius 3 is 2.84 bits per heavy atom. The highest BCUT2D eigenvalue weighted by atomic mass is 32.2. The van der Waals surface area contributed by atoms with E-state index in [4.69, 9.17) is 20.4 Å². The maximum absolute atomic E-state index is 12.0. The van der Waals surface area contributed by atoms with Crippen LogP contribution in [0.3, 0.4) is 0 Å². The van der Waals surface area contributed by atoms with Gasteiger partial charge in [-0.1, -0.05) is 0 Å². The van der Waals surface area contributed by atoms with Crippen LogP contribution in [0.15, 0.2) is 12.7 Å². The standard InChI is InChI=1S/C15H23N7O7S2/c1-30-3-2-7(16)14(25)21-31(26,27)28-4-8-10(23)11(24)15(29-8)22-6-20-9-12(17)18-5-19-13(9)22/h5-8,10-11,15,23-24H,2-4,16H2,1H3,(H,21,25)(H2,17,18,19)/t7-,8+,10+,11+,15+/m0/s1. The molecular weight excluding hydrogens is 454 g/mol. The predicted octanol–water partition coefficient (Wildman–Crippen LogP) is -2.51. The third-order valence-corrected chi connectivity index (χ3v) is 6.12. The highest BCUT2D eigenvalue weighted by Crippen LogP contribution is 2.32. The summed E-state index contributed by atoms with van der Waals surface area (Å²) >= 11 is 1.46. The molecule has 14 nitrogen and oxygen atoms in total. The van der Waals surface area contributed by atoms with Gasteiger partial charge >= 0.3 is 10.3 Å². The third-order valence-electron chi connectivity index (χ3n) is 4.58. The lowest BCUT2D eigenvalue weighted by atomic mass is 10.1. The molecule has 0 spiro atoms. The van der Waals surface area contributed by atoms with Crippen LogP contribution in [-0.2, 0) is 24.0 Å². The van der Waals surface area contributed by atoms with Crippen molar-refractivity contribution in [2.75, 3.05) is 24.3 Å². The van der Waals surface area contributed by atoms with Crippen molar-refractivity contribution in [1.29, 1.82) is 0 Å². The normalized spacial score (nSPS) is 25.0. The van der Waals surface area contributed by atoms with E-state index in [1.54, 1.807) is 4.72 Å². The maximum Gasteiger partial charge on any atom is 0.362 e. The van der Waals surface area contributed by atoms with Crippen molar-refractivity contribution in [3.63, 3.8) is 0 Å². The first-order chi connectivity index (χ1) is 14.6. The number of imidazole rings is 1. The number of carbonyl (C=O) groups excluding carboxylic acids is 1. The van der Waals surface area contributed by atoms with Crippen LogP contribution in [-0.4, -0.2) is 87.0 Å². The molecule has 0 saturated carbocycles. The molecule has 0 aliphatic carbocycles. The number of nitrogens with one attached hydrogen (secondary N) is 1. The van der Waals surface area contributed by atoms with Crippen LogP contribution in [0, 0.1) is 0 Å². The number of aliphatic hydroxyl groups excluding tert-OH is 2. The van der Waals surface area contributed by atoms with Crippen molar-refractivity contribution in [3.8, 4) is 0 Å². The topological polar surface area (TPSA) is 218 Å². The number of fused-ring (bicyclic) bond motifs is 1. The van der Waals surface area contributed by atoms with Crippen molar-refractivity contribution >= 4 is 45.0 Å². The number of thioether (sulfide) groups is 1. The van der Waals surface area contributed by atoms with Gasteiger partial charge in [0.25, 0.3) is 5.91 Å². The van der Waals surface area contributed by atoms with Crippen LogP contribution >= 0.6 is 11.8 Å². The Kier molecular flexibility index (Phi) is 7.30. The molecule has 1 aliphatic heterocycles. The van der Waals surface area contributed by atoms with Crippen LogP contribution in [0.1, 0.15) is 12.6 Å². The number of amides is 1. The number of nitrogens with zero attached hydrogens (tertiary/aromatic N) is 4. The lowest BCUT2D eigenvalue weighted by Gasteiger charge is -2.16. The Balaban J connectivity index is 1.64. The number of anilines is 1. The van der Waals surface area contributed by atoms with E-state index >= 15 is 0 Å². The van der Waals surface area contributed by atoms with E-state index in [9.17, 15) is 23.4 Å². The van der Waals surface area contributed by atoms with Crippen LogP contribution in [0.5, 0.6) is 0 Å². The second-order valence-corrected chi connectivity index (χ2v) is 9.06. The van der Waals surface area contributed by atoms with E-state index in [1.807, 2.05) is 6.26 Å². The number of rotatable bonds is 9. The Morgan fingerprint density at radius 1 is 1.39 bits per heavy atom. The first-order valence-corrected chi connectivity index (χ1v) is 11.8. The number of nitrogens with two attached hydrogens (primary N) is 2. The molecule has 1 saturated heterocycles. The molecule has 16 heteroatoms. The number of aliphatic hydroxyl groups is 2. The second kappa shape index (κ2) is 9.60. The number of aromatic nitrogens is 4. The van der Waals surface area contributed by atoms with E-state index in [0.29, 0.717) is 5.75 Å². The zero-order valence-corrected chi connectivity index (χ0v) is 18.0. The summed E-state index contributed by atoms with van der Waals surface area (Å²) in [6.45, 7) is -0.666. The lowest BCUT2D eigenvalue weighted by Crippen LogP contribution is -2.45. The van der Waals surface area contributed by atoms with Crippen molar-refractivity contribution in [1.82, 2.24) is 24.2 Å². The van der Waals surface area contributed by atoms with Gasteiger partial charge in [-0.15, -0.1) is 0 Å². The van der Waals surface area contributed by atoms with Gasteiger partial charge < -0.3 is 26.4 Å². The molecule has 3 rings (SSSR count). The molecule has 1 amide bonds. The Morgan fingerprint density at radius 2 is 2.13 bits per heavy atom. The monoisotopic (exact) mass is 477 g/mol. The fourth-order valence-electron chi connectivity index (χ4n) is 2.91. The van der Waals surface area contributed by atoms with Gasteiger partial charge in [0.05, 0.1) is 19.0 Å². The fourth-order valence-corrected chi connectivity index (χ4v) is 4.17. The van der Waals surface area contributed by atoms with Crippen molar-refractivity contribution in [3.05, 3.63) is 12.7 Å². The highest BCUT2D eigenvalue weighted by Gasteiger charge is 2.45. The van der Waals surface area contributed by atoms with Crippen LogP contribution in [0.4, 0.5) is 5.82 Å². The van der Waals surface area contributed by atoms with Gasteiger partial charge in [-0.2, -0.15) is 20.2 Å². The van der Waals surface area contributed by atoms with Gasteiger partial charge in [0.15, 0.2) is 17.7 Å². The molecule has 0 unspecified atom stereocenters. The molecule has 31 heavy (non-hydrogen) atoms. The van der Waals surface area contributed by atoms with E-state index in [1.165, 1.54) is 29.0 Å². The minimum Gasteiger partial charge on any atom is -0.387 e.